The van der Waals surface area contributed by atoms with Gasteiger partial charge in [0, 0.05) is 62.3 Å². The van der Waals surface area contributed by atoms with Gasteiger partial charge in [-0.05, 0) is 0 Å². The van der Waals surface area contributed by atoms with Crippen molar-refractivity contribution in [2.24, 2.45) is 0 Å². The minimum absolute atomic E-state index is 0.236. The van der Waals surface area contributed by atoms with Crippen molar-refractivity contribution in [2.45, 2.75) is 122 Å². The van der Waals surface area contributed by atoms with Gasteiger partial charge in [0.2, 0.25) is 12.4 Å². The van der Waals surface area contributed by atoms with Crippen LogP contribution in [0.15, 0.2) is 0 Å². The van der Waals surface area contributed by atoms with Crippen LogP contribution in [0.5, 0.6) is 0 Å². The molecular weight excluding hydrogens is 760 g/mol. The van der Waals surface area contributed by atoms with E-state index in [0.717, 1.165) is 48.5 Å². The number of esters is 9. The van der Waals surface area contributed by atoms with E-state index >= 15 is 0 Å². The molecular formula is C30H41BrO20. The zero-order chi connectivity index (χ0) is 39.2. The molecule has 51 heavy (non-hydrogen) atoms. The van der Waals surface area contributed by atoms with Gasteiger partial charge in [-0.1, -0.05) is 15.9 Å². The van der Waals surface area contributed by atoms with Crippen LogP contribution < -0.4 is 0 Å². The Morgan fingerprint density at radius 2 is 0.686 bits per heavy atom. The zero-order valence-corrected chi connectivity index (χ0v) is 30.8. The van der Waals surface area contributed by atoms with Crippen molar-refractivity contribution in [3.63, 3.8) is 0 Å². The van der Waals surface area contributed by atoms with Gasteiger partial charge >= 0.3 is 53.7 Å². The Kier molecular flexibility index (Phi) is 18.5. The highest BCUT2D eigenvalue weighted by molar-refractivity contribution is 9.09. The number of hydrogen-bond donors (Lipinski definition) is 0. The zero-order valence-electron chi connectivity index (χ0n) is 29.2. The Bertz CT molecular complexity index is 1300. The summed E-state index contributed by atoms with van der Waals surface area (Å²) in [6.07, 6.45) is -10.9. The third-order valence-electron chi connectivity index (χ3n) is 6.16. The van der Waals surface area contributed by atoms with Gasteiger partial charge in [-0.15, -0.1) is 0 Å². The largest absolute Gasteiger partial charge is 0.463 e. The summed E-state index contributed by atoms with van der Waals surface area (Å²) in [6, 6.07) is 0. The van der Waals surface area contributed by atoms with Crippen molar-refractivity contribution < 1.29 is 95.3 Å². The monoisotopic (exact) mass is 800 g/mol. The molecule has 2 aliphatic rings. The maximum Gasteiger partial charge on any atom is 0.305 e. The van der Waals surface area contributed by atoms with Crippen LogP contribution in [-0.4, -0.2) is 127 Å². The number of alkyl halides is 1. The molecule has 0 bridgehead atoms. The molecule has 20 nitrogen and oxygen atoms in total. The lowest BCUT2D eigenvalue weighted by molar-refractivity contribution is -0.300. The minimum Gasteiger partial charge on any atom is -0.463 e. The van der Waals surface area contributed by atoms with Crippen molar-refractivity contribution in [1.29, 1.82) is 0 Å². The van der Waals surface area contributed by atoms with E-state index in [-0.39, 0.29) is 6.61 Å². The second-order valence-electron chi connectivity index (χ2n) is 10.7. The molecule has 0 radical (unpaired) electrons. The molecule has 2 rings (SSSR count). The van der Waals surface area contributed by atoms with E-state index in [2.05, 4.69) is 15.9 Å². The molecule has 2 aliphatic heterocycles. The quantitative estimate of drug-likeness (QED) is 0.152. The van der Waals surface area contributed by atoms with Crippen LogP contribution in [0.25, 0.3) is 0 Å². The Morgan fingerprint density at radius 3 is 1.04 bits per heavy atom. The molecule has 0 amide bonds. The standard InChI is InChI=1S/C16H22O11.C14H19BrO9/c1-7(17)22-6-12-13(23-8(2)18)14(24-9(3)19)15(25-10(4)20)16(27-12)26-11(5)21;1-6(16)20-5-10-11(21-7(2)17)12(22-8(3)18)13(14(15)24-10)23-9(4)19/h12-16H,6H2,1-5H3;10-14H,5H2,1-4H3/t12-,13+,14+,15-,16?;10-,11+,12+,13-,14?/m11/s1. The van der Waals surface area contributed by atoms with Gasteiger partial charge in [-0.2, -0.15) is 0 Å². The van der Waals surface area contributed by atoms with Crippen molar-refractivity contribution in [2.75, 3.05) is 13.2 Å². The molecule has 0 spiro atoms. The van der Waals surface area contributed by atoms with Crippen molar-refractivity contribution in [3.8, 4) is 0 Å². The summed E-state index contributed by atoms with van der Waals surface area (Å²) < 4.78 is 56.7. The average molecular weight is 802 g/mol. The molecule has 0 aliphatic carbocycles. The molecule has 21 heteroatoms. The lowest BCUT2D eigenvalue weighted by Gasteiger charge is -2.43. The summed E-state index contributed by atoms with van der Waals surface area (Å²) in [5.74, 6) is -6.23. The summed E-state index contributed by atoms with van der Waals surface area (Å²) in [6.45, 7) is 9.60. The number of hydrogen-bond acceptors (Lipinski definition) is 20. The molecule has 0 aromatic rings. The molecule has 10 atom stereocenters. The smallest absolute Gasteiger partial charge is 0.305 e. The summed E-state index contributed by atoms with van der Waals surface area (Å²) in [4.78, 5) is 102. The fraction of sp³-hybridized carbons (Fsp3) is 0.700. The normalized spacial score (nSPS) is 28.1. The van der Waals surface area contributed by atoms with Gasteiger partial charge in [0.1, 0.15) is 25.4 Å². The highest BCUT2D eigenvalue weighted by Gasteiger charge is 2.54. The first-order valence-corrected chi connectivity index (χ1v) is 16.0. The molecule has 2 fully saturated rings. The van der Waals surface area contributed by atoms with E-state index in [4.69, 9.17) is 52.1 Å². The second kappa shape index (κ2) is 21.1. The maximum absolute atomic E-state index is 11.5. The number of carbonyl (C=O) groups is 9. The predicted octanol–water partition coefficient (Wildman–Crippen LogP) is 0.0970. The van der Waals surface area contributed by atoms with Gasteiger partial charge in [0.25, 0.3) is 0 Å². The Hall–Kier alpha value is -4.37. The third kappa shape index (κ3) is 16.0. The second-order valence-corrected chi connectivity index (χ2v) is 11.6. The Balaban J connectivity index is 0.000000514. The lowest BCUT2D eigenvalue weighted by Crippen LogP contribution is -2.63. The van der Waals surface area contributed by atoms with Crippen LogP contribution in [0.1, 0.15) is 62.3 Å². The Labute approximate surface area is 300 Å². The summed E-state index contributed by atoms with van der Waals surface area (Å²) in [5, 5.41) is -0.863. The van der Waals surface area contributed by atoms with Crippen LogP contribution >= 0.6 is 15.9 Å². The number of ether oxygens (including phenoxy) is 11. The molecule has 2 saturated heterocycles. The fourth-order valence-corrected chi connectivity index (χ4v) is 5.31. The third-order valence-corrected chi connectivity index (χ3v) is 6.90. The number of rotatable bonds is 11. The van der Waals surface area contributed by atoms with E-state index in [1.807, 2.05) is 0 Å². The van der Waals surface area contributed by atoms with Crippen LogP contribution in [0.3, 0.4) is 0 Å². The predicted molar refractivity (Wildman–Crippen MR) is 165 cm³/mol. The maximum atomic E-state index is 11.5. The minimum atomic E-state index is -1.48. The number of halogens is 1. The average Bonchev–Trinajstić information content (AvgIpc) is 2.96. The van der Waals surface area contributed by atoms with Crippen molar-refractivity contribution in [3.05, 3.63) is 0 Å². The first kappa shape index (κ1) is 44.7. The fourth-order valence-electron chi connectivity index (χ4n) is 4.62. The van der Waals surface area contributed by atoms with Gasteiger partial charge < -0.3 is 52.1 Å². The van der Waals surface area contributed by atoms with Gasteiger partial charge in [0.05, 0.1) is 0 Å². The Morgan fingerprint density at radius 1 is 0.392 bits per heavy atom. The molecule has 0 aromatic heterocycles. The van der Waals surface area contributed by atoms with Gasteiger partial charge in [-0.3, -0.25) is 43.2 Å². The SMILES string of the molecule is CC(=O)OC[C@H]1OC(Br)[C@H](OC(C)=O)[C@@H](OC(C)=O)[C@H]1OC(C)=O.CC(=O)OC[C@H]1OC(OC(C)=O)[C@H](OC(C)=O)[C@@H](OC(C)=O)[C@H]1OC(C)=O. The van der Waals surface area contributed by atoms with Crippen molar-refractivity contribution in [1.82, 2.24) is 0 Å². The topological polar surface area (TPSA) is 255 Å². The molecule has 2 unspecified atom stereocenters. The van der Waals surface area contributed by atoms with Crippen molar-refractivity contribution >= 4 is 69.7 Å². The van der Waals surface area contributed by atoms with E-state index in [1.165, 1.54) is 13.8 Å². The van der Waals surface area contributed by atoms with E-state index in [0.29, 0.717) is 0 Å². The van der Waals surface area contributed by atoms with Gasteiger partial charge in [0.15, 0.2) is 35.5 Å². The highest BCUT2D eigenvalue weighted by Crippen LogP contribution is 2.32. The molecule has 0 N–H and O–H groups in total. The summed E-state index contributed by atoms with van der Waals surface area (Å²) >= 11 is 3.18. The molecule has 0 aromatic carbocycles. The first-order valence-electron chi connectivity index (χ1n) is 15.0. The number of carbonyl (C=O) groups excluding carboxylic acids is 9. The lowest BCUT2D eigenvalue weighted by atomic mass is 9.98. The highest BCUT2D eigenvalue weighted by atomic mass is 79.9. The van der Waals surface area contributed by atoms with Crippen LogP contribution in [0, 0.1) is 0 Å². The van der Waals surface area contributed by atoms with Gasteiger partial charge in [-0.25, -0.2) is 0 Å². The summed E-state index contributed by atoms with van der Waals surface area (Å²) in [7, 11) is 0. The molecule has 2 heterocycles. The van der Waals surface area contributed by atoms with E-state index in [9.17, 15) is 43.2 Å². The molecule has 288 valence electrons. The summed E-state index contributed by atoms with van der Waals surface area (Å²) in [5.41, 5.74) is 0. The van der Waals surface area contributed by atoms with Crippen LogP contribution in [0.2, 0.25) is 0 Å². The van der Waals surface area contributed by atoms with E-state index < -0.39 is 120 Å². The van der Waals surface area contributed by atoms with E-state index in [1.54, 1.807) is 0 Å². The molecule has 0 saturated carbocycles. The van der Waals surface area contributed by atoms with Crippen LogP contribution in [-0.2, 0) is 95.3 Å². The van der Waals surface area contributed by atoms with Crippen LogP contribution in [0.4, 0.5) is 0 Å². The first-order chi connectivity index (χ1) is 23.6.